The second-order valence-corrected chi connectivity index (χ2v) is 7.97. The first-order chi connectivity index (χ1) is 14.6. The largest absolute Gasteiger partial charge is 0.351 e. The third-order valence-electron chi connectivity index (χ3n) is 5.93. The number of nitrogens with one attached hydrogen (secondary N) is 2. The Balaban J connectivity index is 1.25. The van der Waals surface area contributed by atoms with Crippen molar-refractivity contribution in [1.82, 2.24) is 20.1 Å². The van der Waals surface area contributed by atoms with Crippen LogP contribution < -0.4 is 5.32 Å². The number of fused-ring (bicyclic) bond motifs is 1. The van der Waals surface area contributed by atoms with Gasteiger partial charge in [0.1, 0.15) is 5.69 Å². The molecule has 2 aromatic rings. The van der Waals surface area contributed by atoms with Crippen molar-refractivity contribution in [2.75, 3.05) is 32.7 Å². The van der Waals surface area contributed by atoms with Crippen LogP contribution in [0, 0.1) is 0 Å². The number of hydrogen-bond donors (Lipinski definition) is 2. The maximum atomic E-state index is 12.8. The number of carbonyl (C=O) groups excluding carboxylic acids is 3. The first kappa shape index (κ1) is 20.2. The third-order valence-corrected chi connectivity index (χ3v) is 5.93. The zero-order valence-electron chi connectivity index (χ0n) is 17.2. The summed E-state index contributed by atoms with van der Waals surface area (Å²) in [7, 11) is 0. The molecule has 3 amide bonds. The number of amides is 3. The second kappa shape index (κ2) is 9.15. The Hall–Kier alpha value is -3.09. The summed E-state index contributed by atoms with van der Waals surface area (Å²) in [5, 5.41) is 3.74. The van der Waals surface area contributed by atoms with Gasteiger partial charge >= 0.3 is 11.8 Å². The summed E-state index contributed by atoms with van der Waals surface area (Å²) < 4.78 is 0. The van der Waals surface area contributed by atoms with Gasteiger partial charge in [-0.2, -0.15) is 0 Å². The number of rotatable bonds is 4. The molecule has 0 saturated carbocycles. The smallest absolute Gasteiger partial charge is 0.312 e. The van der Waals surface area contributed by atoms with Crippen molar-refractivity contribution in [3.63, 3.8) is 0 Å². The predicted octanol–water partition coefficient (Wildman–Crippen LogP) is 2.46. The van der Waals surface area contributed by atoms with Gasteiger partial charge in [0.05, 0.1) is 0 Å². The summed E-state index contributed by atoms with van der Waals surface area (Å²) in [6.07, 6.45) is 7.72. The van der Waals surface area contributed by atoms with Gasteiger partial charge in [0.15, 0.2) is 0 Å². The van der Waals surface area contributed by atoms with Crippen molar-refractivity contribution in [2.45, 2.75) is 32.1 Å². The summed E-state index contributed by atoms with van der Waals surface area (Å²) in [5.41, 5.74) is 2.85. The minimum Gasteiger partial charge on any atom is -0.351 e. The van der Waals surface area contributed by atoms with Crippen LogP contribution in [0.3, 0.4) is 0 Å². The van der Waals surface area contributed by atoms with Gasteiger partial charge in [-0.1, -0.05) is 29.8 Å². The van der Waals surface area contributed by atoms with Crippen LogP contribution in [0.2, 0.25) is 0 Å². The van der Waals surface area contributed by atoms with Crippen LogP contribution in [0.25, 0.3) is 10.9 Å². The minimum absolute atomic E-state index is 0.0801. The van der Waals surface area contributed by atoms with Crippen molar-refractivity contribution < 1.29 is 14.4 Å². The molecule has 7 nitrogen and oxygen atoms in total. The lowest BCUT2D eigenvalue weighted by Gasteiger charge is -2.34. The average molecular weight is 409 g/mol. The van der Waals surface area contributed by atoms with Gasteiger partial charge in [0, 0.05) is 43.6 Å². The van der Waals surface area contributed by atoms with E-state index in [1.807, 2.05) is 30.3 Å². The van der Waals surface area contributed by atoms with Gasteiger partial charge in [-0.25, -0.2) is 0 Å². The van der Waals surface area contributed by atoms with E-state index >= 15 is 0 Å². The fourth-order valence-electron chi connectivity index (χ4n) is 4.16. The van der Waals surface area contributed by atoms with E-state index in [1.54, 1.807) is 4.90 Å². The number of hydrogen-bond acceptors (Lipinski definition) is 3. The highest BCUT2D eigenvalue weighted by molar-refractivity contribution is 6.35. The summed E-state index contributed by atoms with van der Waals surface area (Å²) in [6.45, 7) is 2.06. The number of aromatic nitrogens is 1. The highest BCUT2D eigenvalue weighted by Gasteiger charge is 2.28. The fraction of sp³-hybridized carbons (Fsp3) is 0.435. The molecule has 158 valence electrons. The Kier molecular flexibility index (Phi) is 6.16. The molecule has 0 spiro atoms. The molecule has 2 heterocycles. The molecular weight excluding hydrogens is 380 g/mol. The molecule has 1 aliphatic heterocycles. The Bertz CT molecular complexity index is 937. The Labute approximate surface area is 176 Å². The van der Waals surface area contributed by atoms with Crippen LogP contribution in [0.5, 0.6) is 0 Å². The average Bonchev–Trinajstić information content (AvgIpc) is 3.23. The van der Waals surface area contributed by atoms with Crippen LogP contribution in [-0.4, -0.2) is 65.2 Å². The van der Waals surface area contributed by atoms with Crippen molar-refractivity contribution in [1.29, 1.82) is 0 Å². The predicted molar refractivity (Wildman–Crippen MR) is 115 cm³/mol. The van der Waals surface area contributed by atoms with E-state index in [9.17, 15) is 14.4 Å². The number of carbonyl (C=O) groups is 3. The van der Waals surface area contributed by atoms with Crippen molar-refractivity contribution in [3.8, 4) is 0 Å². The summed E-state index contributed by atoms with van der Waals surface area (Å²) in [4.78, 5) is 43.8. The molecular formula is C23H28N4O3. The molecule has 2 N–H and O–H groups in total. The molecule has 1 fully saturated rings. The van der Waals surface area contributed by atoms with Gasteiger partial charge in [-0.05, 0) is 44.2 Å². The van der Waals surface area contributed by atoms with E-state index in [-0.39, 0.29) is 5.91 Å². The highest BCUT2D eigenvalue weighted by Crippen LogP contribution is 2.19. The summed E-state index contributed by atoms with van der Waals surface area (Å²) in [5.74, 6) is -1.14. The van der Waals surface area contributed by atoms with Crippen LogP contribution in [0.1, 0.15) is 42.6 Å². The maximum Gasteiger partial charge on any atom is 0.312 e. The van der Waals surface area contributed by atoms with Crippen molar-refractivity contribution >= 4 is 28.6 Å². The SMILES string of the molecule is O=C(NCCC1=CCCCC1)C(=O)N1CCN(C(=O)c2cc3ccccc3[nH]2)CC1. The quantitative estimate of drug-likeness (QED) is 0.602. The third kappa shape index (κ3) is 4.56. The first-order valence-electron chi connectivity index (χ1n) is 10.7. The Morgan fingerprint density at radius 1 is 1.00 bits per heavy atom. The molecule has 1 aliphatic carbocycles. The number of H-pyrrole nitrogens is 1. The van der Waals surface area contributed by atoms with E-state index in [2.05, 4.69) is 16.4 Å². The van der Waals surface area contributed by atoms with Gasteiger partial charge < -0.3 is 20.1 Å². The lowest BCUT2D eigenvalue weighted by molar-refractivity contribution is -0.146. The van der Waals surface area contributed by atoms with Gasteiger partial charge in [-0.15, -0.1) is 0 Å². The highest BCUT2D eigenvalue weighted by atomic mass is 16.2. The number of allylic oxidation sites excluding steroid dienone is 1. The summed E-state index contributed by atoms with van der Waals surface area (Å²) in [6, 6.07) is 9.61. The lowest BCUT2D eigenvalue weighted by atomic mass is 9.97. The number of para-hydroxylation sites is 1. The van der Waals surface area contributed by atoms with Gasteiger partial charge in [-0.3, -0.25) is 14.4 Å². The van der Waals surface area contributed by atoms with Crippen molar-refractivity contribution in [3.05, 3.63) is 47.7 Å². The molecule has 30 heavy (non-hydrogen) atoms. The number of aromatic amines is 1. The Morgan fingerprint density at radius 3 is 2.50 bits per heavy atom. The molecule has 0 atom stereocenters. The van der Waals surface area contributed by atoms with Crippen molar-refractivity contribution in [2.24, 2.45) is 0 Å². The molecule has 0 radical (unpaired) electrons. The zero-order chi connectivity index (χ0) is 20.9. The zero-order valence-corrected chi connectivity index (χ0v) is 17.2. The molecule has 4 rings (SSSR count). The second-order valence-electron chi connectivity index (χ2n) is 7.97. The normalized spacial score (nSPS) is 17.0. The molecule has 2 aliphatic rings. The van der Waals surface area contributed by atoms with Crippen LogP contribution in [-0.2, 0) is 9.59 Å². The standard InChI is InChI=1S/C23H28N4O3/c28-21(24-11-10-17-6-2-1-3-7-17)23(30)27-14-12-26(13-15-27)22(29)20-16-18-8-4-5-9-19(18)25-20/h4-6,8-9,16,25H,1-3,7,10-15H2,(H,24,28). The molecule has 1 aromatic carbocycles. The van der Waals surface area contributed by atoms with E-state index in [4.69, 9.17) is 0 Å². The monoisotopic (exact) mass is 408 g/mol. The molecule has 1 saturated heterocycles. The topological polar surface area (TPSA) is 85.5 Å². The van der Waals surface area contributed by atoms with E-state index in [0.717, 1.165) is 30.2 Å². The molecule has 7 heteroatoms. The molecule has 1 aromatic heterocycles. The fourth-order valence-corrected chi connectivity index (χ4v) is 4.16. The van der Waals surface area contributed by atoms with Crippen LogP contribution in [0.4, 0.5) is 0 Å². The van der Waals surface area contributed by atoms with Crippen LogP contribution >= 0.6 is 0 Å². The van der Waals surface area contributed by atoms with E-state index in [0.29, 0.717) is 38.4 Å². The first-order valence-corrected chi connectivity index (χ1v) is 10.7. The number of nitrogens with zero attached hydrogens (tertiary/aromatic N) is 2. The lowest BCUT2D eigenvalue weighted by Crippen LogP contribution is -2.54. The van der Waals surface area contributed by atoms with E-state index < -0.39 is 11.8 Å². The van der Waals surface area contributed by atoms with Crippen LogP contribution in [0.15, 0.2) is 42.0 Å². The maximum absolute atomic E-state index is 12.8. The van der Waals surface area contributed by atoms with E-state index in [1.165, 1.54) is 23.3 Å². The van der Waals surface area contributed by atoms with Gasteiger partial charge in [0.25, 0.3) is 5.91 Å². The minimum atomic E-state index is -0.554. The van der Waals surface area contributed by atoms with Gasteiger partial charge in [0.2, 0.25) is 0 Å². The number of benzene rings is 1. The Morgan fingerprint density at radius 2 is 1.77 bits per heavy atom. The number of piperazine rings is 1. The summed E-state index contributed by atoms with van der Waals surface area (Å²) >= 11 is 0. The molecule has 0 unspecified atom stereocenters. The molecule has 0 bridgehead atoms.